The van der Waals surface area contributed by atoms with Gasteiger partial charge in [-0.2, -0.15) is 8.78 Å². The molecule has 2 rings (SSSR count). The third kappa shape index (κ3) is 2.08. The zero-order valence-electron chi connectivity index (χ0n) is 9.04. The predicted molar refractivity (Wildman–Crippen MR) is 59.2 cm³/mol. The van der Waals surface area contributed by atoms with Gasteiger partial charge in [0.2, 0.25) is 5.78 Å². The molecule has 1 nitrogen and oxygen atoms in total. The van der Waals surface area contributed by atoms with E-state index in [2.05, 4.69) is 0 Å². The number of carbonyl (C=O) groups excluding carboxylic acids is 1. The molecule has 0 saturated heterocycles. The van der Waals surface area contributed by atoms with Gasteiger partial charge in [0, 0.05) is 5.56 Å². The highest BCUT2D eigenvalue weighted by molar-refractivity contribution is 6.04. The van der Waals surface area contributed by atoms with Crippen molar-refractivity contribution in [1.29, 1.82) is 0 Å². The van der Waals surface area contributed by atoms with Gasteiger partial charge in [0.1, 0.15) is 0 Å². The third-order valence-electron chi connectivity index (χ3n) is 2.59. The van der Waals surface area contributed by atoms with E-state index in [0.29, 0.717) is 5.39 Å². The molecule has 0 radical (unpaired) electrons. The first kappa shape index (κ1) is 12.5. The molecular formula is C13H8F4O. The molecule has 0 amide bonds. The van der Waals surface area contributed by atoms with Crippen molar-refractivity contribution in [2.75, 3.05) is 0 Å². The van der Waals surface area contributed by atoms with Gasteiger partial charge >= 0.3 is 12.3 Å². The van der Waals surface area contributed by atoms with Crippen molar-refractivity contribution in [2.45, 2.75) is 12.3 Å². The Morgan fingerprint density at radius 1 is 1.00 bits per heavy atom. The van der Waals surface area contributed by atoms with Gasteiger partial charge in [-0.05, 0) is 16.8 Å². The lowest BCUT2D eigenvalue weighted by molar-refractivity contribution is -0.0958. The molecule has 0 spiro atoms. The Hall–Kier alpha value is -1.91. The van der Waals surface area contributed by atoms with Crippen molar-refractivity contribution in [3.8, 4) is 0 Å². The lowest BCUT2D eigenvalue weighted by Gasteiger charge is -2.13. The van der Waals surface area contributed by atoms with E-state index in [1.165, 1.54) is 12.1 Å². The topological polar surface area (TPSA) is 17.1 Å². The van der Waals surface area contributed by atoms with Gasteiger partial charge in [-0.3, -0.25) is 4.79 Å². The van der Waals surface area contributed by atoms with Crippen LogP contribution >= 0.6 is 0 Å². The highest BCUT2D eigenvalue weighted by Crippen LogP contribution is 2.28. The van der Waals surface area contributed by atoms with E-state index in [9.17, 15) is 22.4 Å². The number of carbonyl (C=O) groups is 1. The summed E-state index contributed by atoms with van der Waals surface area (Å²) in [6, 6.07) is 10.5. The first-order chi connectivity index (χ1) is 8.43. The average Bonchev–Trinajstić information content (AvgIpc) is 2.37. The molecule has 0 unspecified atom stereocenters. The summed E-state index contributed by atoms with van der Waals surface area (Å²) < 4.78 is 50.0. The van der Waals surface area contributed by atoms with E-state index in [1.54, 1.807) is 24.3 Å². The van der Waals surface area contributed by atoms with Crippen LogP contribution in [0.25, 0.3) is 10.8 Å². The maximum absolute atomic E-state index is 12.9. The lowest BCUT2D eigenvalue weighted by atomic mass is 10.0. The van der Waals surface area contributed by atoms with Crippen molar-refractivity contribution in [3.63, 3.8) is 0 Å². The van der Waals surface area contributed by atoms with Gasteiger partial charge in [0.05, 0.1) is 0 Å². The van der Waals surface area contributed by atoms with Crippen LogP contribution in [-0.2, 0) is 0 Å². The molecule has 5 heteroatoms. The standard InChI is InChI=1S/C13H8F4O/c14-12(15)13(16,17)11(18)10-6-5-8-3-1-2-4-9(8)7-10/h1-7,12H. The summed E-state index contributed by atoms with van der Waals surface area (Å²) in [5, 5.41) is 1.29. The number of hydrogen-bond donors (Lipinski definition) is 0. The second kappa shape index (κ2) is 4.40. The Morgan fingerprint density at radius 3 is 2.22 bits per heavy atom. The third-order valence-corrected chi connectivity index (χ3v) is 2.59. The number of alkyl halides is 4. The summed E-state index contributed by atoms with van der Waals surface area (Å²) in [6.45, 7) is 0. The second-order valence-corrected chi connectivity index (χ2v) is 3.81. The Kier molecular flexibility index (Phi) is 3.07. The van der Waals surface area contributed by atoms with Crippen molar-refractivity contribution < 1.29 is 22.4 Å². The lowest BCUT2D eigenvalue weighted by Crippen LogP contribution is -2.36. The monoisotopic (exact) mass is 256 g/mol. The zero-order valence-corrected chi connectivity index (χ0v) is 9.04. The first-order valence-corrected chi connectivity index (χ1v) is 5.12. The number of Topliss-reactive ketones (excluding diaryl/α,β-unsaturated/α-hetero) is 1. The Labute approximate surface area is 100 Å². The number of halogens is 4. The van der Waals surface area contributed by atoms with Crippen LogP contribution in [0.4, 0.5) is 17.6 Å². The highest BCUT2D eigenvalue weighted by Gasteiger charge is 2.48. The second-order valence-electron chi connectivity index (χ2n) is 3.81. The Morgan fingerprint density at radius 2 is 1.61 bits per heavy atom. The van der Waals surface area contributed by atoms with E-state index in [-0.39, 0.29) is 0 Å². The van der Waals surface area contributed by atoms with E-state index in [1.807, 2.05) is 0 Å². The quantitative estimate of drug-likeness (QED) is 0.600. The average molecular weight is 256 g/mol. The smallest absolute Gasteiger partial charge is 0.287 e. The van der Waals surface area contributed by atoms with Gasteiger partial charge in [-0.15, -0.1) is 0 Å². The maximum Gasteiger partial charge on any atom is 0.368 e. The fourth-order valence-corrected chi connectivity index (χ4v) is 1.62. The van der Waals surface area contributed by atoms with E-state index >= 15 is 0 Å². The first-order valence-electron chi connectivity index (χ1n) is 5.12. The Bertz CT molecular complexity index is 592. The molecular weight excluding hydrogens is 248 g/mol. The molecule has 0 fully saturated rings. The summed E-state index contributed by atoms with van der Waals surface area (Å²) in [5.41, 5.74) is -0.418. The van der Waals surface area contributed by atoms with Gasteiger partial charge in [0.25, 0.3) is 0 Å². The molecule has 18 heavy (non-hydrogen) atoms. The normalized spacial score (nSPS) is 12.1. The van der Waals surface area contributed by atoms with Gasteiger partial charge in [-0.1, -0.05) is 36.4 Å². The molecule has 0 atom stereocenters. The fraction of sp³-hybridized carbons (Fsp3) is 0.154. The molecule has 0 heterocycles. The minimum atomic E-state index is -4.65. The number of ketones is 1. The van der Waals surface area contributed by atoms with Crippen LogP contribution in [0.5, 0.6) is 0 Å². The number of benzene rings is 2. The minimum Gasteiger partial charge on any atom is -0.287 e. The fourth-order valence-electron chi connectivity index (χ4n) is 1.62. The number of fused-ring (bicyclic) bond motifs is 1. The SMILES string of the molecule is O=C(c1ccc2ccccc2c1)C(F)(F)C(F)F. The largest absolute Gasteiger partial charge is 0.368 e. The molecule has 0 saturated carbocycles. The van der Waals surface area contributed by atoms with E-state index < -0.39 is 23.7 Å². The maximum atomic E-state index is 12.9. The molecule has 0 bridgehead atoms. The summed E-state index contributed by atoms with van der Waals surface area (Å²) in [6.07, 6.45) is -4.00. The summed E-state index contributed by atoms with van der Waals surface area (Å²) in [4.78, 5) is 11.3. The van der Waals surface area contributed by atoms with Crippen LogP contribution in [0.3, 0.4) is 0 Å². The van der Waals surface area contributed by atoms with Crippen LogP contribution < -0.4 is 0 Å². The predicted octanol–water partition coefficient (Wildman–Crippen LogP) is 3.92. The molecule has 2 aromatic rings. The molecule has 0 N–H and O–H groups in total. The van der Waals surface area contributed by atoms with E-state index in [0.717, 1.165) is 11.5 Å². The van der Waals surface area contributed by atoms with E-state index in [4.69, 9.17) is 0 Å². The molecule has 0 aliphatic rings. The molecule has 0 aliphatic carbocycles. The van der Waals surface area contributed by atoms with Crippen LogP contribution in [0.15, 0.2) is 42.5 Å². The molecule has 2 aromatic carbocycles. The van der Waals surface area contributed by atoms with Gasteiger partial charge < -0.3 is 0 Å². The van der Waals surface area contributed by atoms with Gasteiger partial charge in [-0.25, -0.2) is 8.78 Å². The minimum absolute atomic E-state index is 0.418. The summed E-state index contributed by atoms with van der Waals surface area (Å²) >= 11 is 0. The van der Waals surface area contributed by atoms with Crippen molar-refractivity contribution in [2.24, 2.45) is 0 Å². The summed E-state index contributed by atoms with van der Waals surface area (Å²) in [5.74, 6) is -6.51. The summed E-state index contributed by atoms with van der Waals surface area (Å²) in [7, 11) is 0. The van der Waals surface area contributed by atoms with Crippen LogP contribution in [0.2, 0.25) is 0 Å². The van der Waals surface area contributed by atoms with Crippen LogP contribution in [0, 0.1) is 0 Å². The van der Waals surface area contributed by atoms with Gasteiger partial charge in [0.15, 0.2) is 0 Å². The molecule has 94 valence electrons. The Balaban J connectivity index is 2.46. The van der Waals surface area contributed by atoms with Crippen molar-refractivity contribution in [3.05, 3.63) is 48.0 Å². The van der Waals surface area contributed by atoms with Crippen LogP contribution in [0.1, 0.15) is 10.4 Å². The molecule has 0 aromatic heterocycles. The molecule has 0 aliphatic heterocycles. The number of rotatable bonds is 3. The highest BCUT2D eigenvalue weighted by atomic mass is 19.3. The van der Waals surface area contributed by atoms with Crippen molar-refractivity contribution in [1.82, 2.24) is 0 Å². The van der Waals surface area contributed by atoms with Crippen molar-refractivity contribution >= 4 is 16.6 Å². The number of hydrogen-bond acceptors (Lipinski definition) is 1. The zero-order chi connectivity index (χ0) is 13.3. The van der Waals surface area contributed by atoms with Crippen LogP contribution in [-0.4, -0.2) is 18.1 Å².